The van der Waals surface area contributed by atoms with Gasteiger partial charge in [-0.3, -0.25) is 4.79 Å². The van der Waals surface area contributed by atoms with Crippen LogP contribution in [0.4, 0.5) is 0 Å². The van der Waals surface area contributed by atoms with E-state index in [1.54, 1.807) is 0 Å². The van der Waals surface area contributed by atoms with E-state index in [4.69, 9.17) is 0 Å². The van der Waals surface area contributed by atoms with Gasteiger partial charge in [0.2, 0.25) is 0 Å². The highest BCUT2D eigenvalue weighted by molar-refractivity contribution is 5.72. The molecule has 0 aromatic carbocycles. The van der Waals surface area contributed by atoms with Crippen LogP contribution in [-0.2, 0) is 9.53 Å². The molecule has 0 aliphatic rings. The standard InChI is InChI=1S/C10H21NO2/c1-7(2)9(4)11-6-8(3)10(12)13-5/h7-9,11H,6H2,1-5H3. The van der Waals surface area contributed by atoms with Crippen LogP contribution in [0.2, 0.25) is 0 Å². The molecule has 0 heterocycles. The van der Waals surface area contributed by atoms with Crippen molar-refractivity contribution in [2.45, 2.75) is 33.7 Å². The zero-order chi connectivity index (χ0) is 10.4. The van der Waals surface area contributed by atoms with Crippen LogP contribution in [0.5, 0.6) is 0 Å². The number of carbonyl (C=O) groups excluding carboxylic acids is 1. The summed E-state index contributed by atoms with van der Waals surface area (Å²) in [6.07, 6.45) is 0. The van der Waals surface area contributed by atoms with Crippen LogP contribution in [0.1, 0.15) is 27.7 Å². The van der Waals surface area contributed by atoms with Gasteiger partial charge in [0, 0.05) is 12.6 Å². The Morgan fingerprint density at radius 3 is 2.23 bits per heavy atom. The molecule has 0 fully saturated rings. The SMILES string of the molecule is COC(=O)C(C)CNC(C)C(C)C. The smallest absolute Gasteiger partial charge is 0.309 e. The summed E-state index contributed by atoms with van der Waals surface area (Å²) in [5.41, 5.74) is 0. The largest absolute Gasteiger partial charge is 0.469 e. The fourth-order valence-electron chi connectivity index (χ4n) is 0.883. The van der Waals surface area contributed by atoms with Crippen molar-refractivity contribution in [2.75, 3.05) is 13.7 Å². The number of carbonyl (C=O) groups is 1. The van der Waals surface area contributed by atoms with Crippen LogP contribution >= 0.6 is 0 Å². The molecular weight excluding hydrogens is 166 g/mol. The second kappa shape index (κ2) is 5.97. The van der Waals surface area contributed by atoms with Crippen LogP contribution in [0.3, 0.4) is 0 Å². The van der Waals surface area contributed by atoms with E-state index in [0.29, 0.717) is 18.5 Å². The van der Waals surface area contributed by atoms with E-state index in [-0.39, 0.29) is 11.9 Å². The highest BCUT2D eigenvalue weighted by Gasteiger charge is 2.14. The molecule has 0 rings (SSSR count). The molecule has 13 heavy (non-hydrogen) atoms. The first-order valence-corrected chi connectivity index (χ1v) is 4.80. The van der Waals surface area contributed by atoms with E-state index in [9.17, 15) is 4.79 Å². The van der Waals surface area contributed by atoms with E-state index in [1.807, 2.05) is 6.92 Å². The average molecular weight is 187 g/mol. The molecule has 0 spiro atoms. The Labute approximate surface area is 80.8 Å². The maximum Gasteiger partial charge on any atom is 0.309 e. The van der Waals surface area contributed by atoms with Gasteiger partial charge in [-0.05, 0) is 12.8 Å². The van der Waals surface area contributed by atoms with Crippen LogP contribution in [0, 0.1) is 11.8 Å². The Morgan fingerprint density at radius 2 is 1.85 bits per heavy atom. The van der Waals surface area contributed by atoms with E-state index in [0.717, 1.165) is 0 Å². The van der Waals surface area contributed by atoms with Crippen molar-refractivity contribution >= 4 is 5.97 Å². The summed E-state index contributed by atoms with van der Waals surface area (Å²) < 4.78 is 4.63. The lowest BCUT2D eigenvalue weighted by atomic mass is 10.1. The molecule has 1 N–H and O–H groups in total. The fourth-order valence-corrected chi connectivity index (χ4v) is 0.883. The van der Waals surface area contributed by atoms with Crippen molar-refractivity contribution < 1.29 is 9.53 Å². The Morgan fingerprint density at radius 1 is 1.31 bits per heavy atom. The topological polar surface area (TPSA) is 38.3 Å². The molecule has 2 unspecified atom stereocenters. The van der Waals surface area contributed by atoms with Crippen molar-refractivity contribution in [1.82, 2.24) is 5.32 Å². The van der Waals surface area contributed by atoms with Gasteiger partial charge in [0.15, 0.2) is 0 Å². The maximum absolute atomic E-state index is 11.0. The highest BCUT2D eigenvalue weighted by atomic mass is 16.5. The summed E-state index contributed by atoms with van der Waals surface area (Å²) in [5.74, 6) is 0.375. The molecule has 0 saturated carbocycles. The first-order chi connectivity index (χ1) is 5.99. The Bertz CT molecular complexity index is 157. The number of ether oxygens (including phenoxy) is 1. The summed E-state index contributed by atoms with van der Waals surface area (Å²) in [6, 6.07) is 0.437. The van der Waals surface area contributed by atoms with Crippen molar-refractivity contribution in [3.05, 3.63) is 0 Å². The molecule has 0 saturated heterocycles. The van der Waals surface area contributed by atoms with E-state index in [1.165, 1.54) is 7.11 Å². The Balaban J connectivity index is 3.69. The molecule has 0 aromatic heterocycles. The third-order valence-corrected chi connectivity index (χ3v) is 2.35. The molecule has 0 amide bonds. The van der Waals surface area contributed by atoms with Gasteiger partial charge in [-0.15, -0.1) is 0 Å². The van der Waals surface area contributed by atoms with Crippen LogP contribution < -0.4 is 5.32 Å². The average Bonchev–Trinajstić information content (AvgIpc) is 2.11. The first kappa shape index (κ1) is 12.4. The molecular formula is C10H21NO2. The number of nitrogens with one attached hydrogen (secondary N) is 1. The lowest BCUT2D eigenvalue weighted by Crippen LogP contribution is -2.36. The summed E-state index contributed by atoms with van der Waals surface area (Å²) in [7, 11) is 1.42. The number of hydrogen-bond acceptors (Lipinski definition) is 3. The lowest BCUT2D eigenvalue weighted by Gasteiger charge is -2.19. The summed E-state index contributed by atoms with van der Waals surface area (Å²) >= 11 is 0. The van der Waals surface area contributed by atoms with Gasteiger partial charge in [0.25, 0.3) is 0 Å². The number of rotatable bonds is 5. The minimum Gasteiger partial charge on any atom is -0.469 e. The minimum atomic E-state index is -0.150. The van der Waals surface area contributed by atoms with Crippen molar-refractivity contribution in [3.63, 3.8) is 0 Å². The van der Waals surface area contributed by atoms with Gasteiger partial charge in [0.05, 0.1) is 13.0 Å². The second-order valence-electron chi connectivity index (χ2n) is 3.87. The molecule has 3 nitrogen and oxygen atoms in total. The number of esters is 1. The van der Waals surface area contributed by atoms with Gasteiger partial charge in [-0.2, -0.15) is 0 Å². The van der Waals surface area contributed by atoms with Gasteiger partial charge in [-0.25, -0.2) is 0 Å². The zero-order valence-corrected chi connectivity index (χ0v) is 9.26. The molecule has 0 radical (unpaired) electrons. The van der Waals surface area contributed by atoms with Gasteiger partial charge in [-0.1, -0.05) is 20.8 Å². The van der Waals surface area contributed by atoms with Crippen molar-refractivity contribution in [1.29, 1.82) is 0 Å². The van der Waals surface area contributed by atoms with E-state index in [2.05, 4.69) is 30.8 Å². The van der Waals surface area contributed by atoms with Gasteiger partial charge >= 0.3 is 5.97 Å². The predicted octanol–water partition coefficient (Wildman–Crippen LogP) is 1.43. The maximum atomic E-state index is 11.0. The van der Waals surface area contributed by atoms with Crippen LogP contribution in [0.25, 0.3) is 0 Å². The molecule has 0 bridgehead atoms. The lowest BCUT2D eigenvalue weighted by molar-refractivity contribution is -0.144. The molecule has 3 heteroatoms. The summed E-state index contributed by atoms with van der Waals surface area (Å²) in [5, 5.41) is 3.30. The second-order valence-corrected chi connectivity index (χ2v) is 3.87. The van der Waals surface area contributed by atoms with Gasteiger partial charge < -0.3 is 10.1 Å². The number of methoxy groups -OCH3 is 1. The molecule has 0 aromatic rings. The van der Waals surface area contributed by atoms with E-state index < -0.39 is 0 Å². The third-order valence-electron chi connectivity index (χ3n) is 2.35. The molecule has 2 atom stereocenters. The van der Waals surface area contributed by atoms with Gasteiger partial charge in [0.1, 0.15) is 0 Å². The summed E-state index contributed by atoms with van der Waals surface area (Å²) in [4.78, 5) is 11.0. The normalized spacial score (nSPS) is 15.5. The zero-order valence-electron chi connectivity index (χ0n) is 9.26. The summed E-state index contributed by atoms with van der Waals surface area (Å²) in [6.45, 7) is 8.98. The number of hydrogen-bond donors (Lipinski definition) is 1. The molecule has 0 aliphatic heterocycles. The molecule has 78 valence electrons. The third kappa shape index (κ3) is 4.88. The minimum absolute atomic E-state index is 0.0637. The predicted molar refractivity (Wildman–Crippen MR) is 53.5 cm³/mol. The van der Waals surface area contributed by atoms with Crippen molar-refractivity contribution in [3.8, 4) is 0 Å². The van der Waals surface area contributed by atoms with E-state index >= 15 is 0 Å². The molecule has 0 aliphatic carbocycles. The quantitative estimate of drug-likeness (QED) is 0.662. The Hall–Kier alpha value is -0.570. The van der Waals surface area contributed by atoms with Crippen LogP contribution in [0.15, 0.2) is 0 Å². The van der Waals surface area contributed by atoms with Crippen LogP contribution in [-0.4, -0.2) is 25.7 Å². The monoisotopic (exact) mass is 187 g/mol. The highest BCUT2D eigenvalue weighted by Crippen LogP contribution is 2.02. The fraction of sp³-hybridized carbons (Fsp3) is 0.900. The first-order valence-electron chi connectivity index (χ1n) is 4.80. The van der Waals surface area contributed by atoms with Crippen molar-refractivity contribution in [2.24, 2.45) is 11.8 Å². The Kier molecular flexibility index (Phi) is 5.71.